The quantitative estimate of drug-likeness (QED) is 0.649. The number of nitrogens with two attached hydrogens (primary N) is 1. The van der Waals surface area contributed by atoms with Crippen molar-refractivity contribution in [3.8, 4) is 11.5 Å². The van der Waals surface area contributed by atoms with Crippen LogP contribution >= 0.6 is 0 Å². The number of nitrogen functional groups attached to an aromatic ring is 1. The number of rotatable bonds is 4. The number of hydrogen-bond donors (Lipinski definition) is 2. The third-order valence-electron chi connectivity index (χ3n) is 2.53. The predicted octanol–water partition coefficient (Wildman–Crippen LogP) is 2.80. The molecular weight excluding hydrogens is 238 g/mol. The molecule has 4 heteroatoms. The summed E-state index contributed by atoms with van der Waals surface area (Å²) < 4.78 is 5.73. The number of ether oxygens (including phenoxy) is 1. The van der Waals surface area contributed by atoms with E-state index in [4.69, 9.17) is 10.5 Å². The van der Waals surface area contributed by atoms with Crippen LogP contribution in [0, 0.1) is 0 Å². The van der Waals surface area contributed by atoms with Gasteiger partial charge >= 0.3 is 0 Å². The van der Waals surface area contributed by atoms with Crippen molar-refractivity contribution in [2.75, 3.05) is 12.8 Å². The highest BCUT2D eigenvalue weighted by Crippen LogP contribution is 2.23. The molecule has 0 aliphatic rings. The number of nitrogens with one attached hydrogen (secondary N) is 1. The van der Waals surface area contributed by atoms with Crippen molar-refractivity contribution in [1.82, 2.24) is 10.3 Å². The summed E-state index contributed by atoms with van der Waals surface area (Å²) in [7, 11) is 1.79. The highest BCUT2D eigenvalue weighted by molar-refractivity contribution is 5.60. The van der Waals surface area contributed by atoms with Gasteiger partial charge in [-0.1, -0.05) is 6.58 Å². The summed E-state index contributed by atoms with van der Waals surface area (Å²) in [6.07, 6.45) is 1.68. The maximum absolute atomic E-state index is 5.73. The van der Waals surface area contributed by atoms with Gasteiger partial charge in [0, 0.05) is 25.0 Å². The first-order chi connectivity index (χ1) is 9.22. The number of hydrogen-bond acceptors (Lipinski definition) is 4. The summed E-state index contributed by atoms with van der Waals surface area (Å²) in [4.78, 5) is 4.24. The molecule has 0 saturated carbocycles. The lowest BCUT2D eigenvalue weighted by Crippen LogP contribution is -2.05. The van der Waals surface area contributed by atoms with Crippen LogP contribution in [0.3, 0.4) is 0 Å². The highest BCUT2D eigenvalue weighted by atomic mass is 16.5. The molecule has 0 atom stereocenters. The van der Waals surface area contributed by atoms with E-state index in [1.165, 1.54) is 0 Å². The Morgan fingerprint density at radius 1 is 1.26 bits per heavy atom. The first-order valence-corrected chi connectivity index (χ1v) is 5.80. The molecule has 0 amide bonds. The van der Waals surface area contributed by atoms with Crippen LogP contribution in [0.4, 0.5) is 5.69 Å². The first-order valence-electron chi connectivity index (χ1n) is 5.80. The third kappa shape index (κ3) is 3.15. The van der Waals surface area contributed by atoms with Crippen molar-refractivity contribution < 1.29 is 4.74 Å². The predicted molar refractivity (Wildman–Crippen MR) is 76.8 cm³/mol. The Bertz CT molecular complexity index is 614. The lowest BCUT2D eigenvalue weighted by molar-refractivity contribution is 0.482. The molecule has 2 aromatic rings. The van der Waals surface area contributed by atoms with Gasteiger partial charge in [0.25, 0.3) is 0 Å². The van der Waals surface area contributed by atoms with E-state index in [0.29, 0.717) is 11.4 Å². The van der Waals surface area contributed by atoms with Gasteiger partial charge in [-0.25, -0.2) is 0 Å². The zero-order chi connectivity index (χ0) is 13.7. The van der Waals surface area contributed by atoms with Crippen LogP contribution in [0.15, 0.2) is 54.9 Å². The molecule has 0 saturated heterocycles. The second-order valence-electron chi connectivity index (χ2n) is 3.85. The fraction of sp³-hybridized carbons (Fsp3) is 0.0667. The van der Waals surface area contributed by atoms with Gasteiger partial charge in [0.05, 0.1) is 5.69 Å². The number of pyridine rings is 1. The largest absolute Gasteiger partial charge is 0.457 e. The number of benzene rings is 1. The van der Waals surface area contributed by atoms with E-state index in [-0.39, 0.29) is 0 Å². The van der Waals surface area contributed by atoms with Crippen molar-refractivity contribution >= 4 is 11.4 Å². The minimum absolute atomic E-state index is 0.692. The monoisotopic (exact) mass is 253 g/mol. The lowest BCUT2D eigenvalue weighted by atomic mass is 10.2. The van der Waals surface area contributed by atoms with E-state index >= 15 is 0 Å². The molecule has 0 aliphatic carbocycles. The molecule has 0 spiro atoms. The van der Waals surface area contributed by atoms with Gasteiger partial charge < -0.3 is 15.8 Å². The summed E-state index contributed by atoms with van der Waals surface area (Å²) >= 11 is 0. The van der Waals surface area contributed by atoms with Crippen LogP contribution in [0.1, 0.15) is 5.69 Å². The SMILES string of the molecule is C=C=C(NC)c1cc(Oc2ccc(N)cc2)ccn1. The van der Waals surface area contributed by atoms with E-state index in [2.05, 4.69) is 22.6 Å². The van der Waals surface area contributed by atoms with Crippen molar-refractivity contribution in [3.63, 3.8) is 0 Å². The zero-order valence-electron chi connectivity index (χ0n) is 10.7. The smallest absolute Gasteiger partial charge is 0.131 e. The van der Waals surface area contributed by atoms with E-state index in [9.17, 15) is 0 Å². The summed E-state index contributed by atoms with van der Waals surface area (Å²) in [6.45, 7) is 3.61. The molecule has 2 rings (SSSR count). The standard InChI is InChI=1S/C15H15N3O/c1-3-14(17-2)15-10-13(8-9-18-15)19-12-6-4-11(16)5-7-12/h4-10,17H,1,16H2,2H3. The Morgan fingerprint density at radius 3 is 2.63 bits per heavy atom. The van der Waals surface area contributed by atoms with Crippen LogP contribution < -0.4 is 15.8 Å². The molecule has 1 heterocycles. The fourth-order valence-electron chi connectivity index (χ4n) is 1.59. The molecular formula is C15H15N3O. The molecule has 4 nitrogen and oxygen atoms in total. The van der Waals surface area contributed by atoms with E-state index in [0.717, 1.165) is 17.1 Å². The van der Waals surface area contributed by atoms with Gasteiger partial charge in [0.15, 0.2) is 0 Å². The second-order valence-corrected chi connectivity index (χ2v) is 3.85. The van der Waals surface area contributed by atoms with Gasteiger partial charge in [-0.3, -0.25) is 4.98 Å². The van der Waals surface area contributed by atoms with Gasteiger partial charge in [-0.2, -0.15) is 0 Å². The lowest BCUT2D eigenvalue weighted by Gasteiger charge is -2.08. The number of aromatic nitrogens is 1. The van der Waals surface area contributed by atoms with Crippen molar-refractivity contribution in [1.29, 1.82) is 0 Å². The minimum atomic E-state index is 0.692. The Kier molecular flexibility index (Phi) is 3.86. The average molecular weight is 253 g/mol. The van der Waals surface area contributed by atoms with E-state index < -0.39 is 0 Å². The van der Waals surface area contributed by atoms with Gasteiger partial charge in [-0.15, -0.1) is 5.73 Å². The van der Waals surface area contributed by atoms with Gasteiger partial charge in [0.1, 0.15) is 17.2 Å². The molecule has 0 radical (unpaired) electrons. The topological polar surface area (TPSA) is 60.2 Å². The summed E-state index contributed by atoms with van der Waals surface area (Å²) in [5.41, 5.74) is 10.6. The van der Waals surface area contributed by atoms with Crippen LogP contribution in [-0.2, 0) is 0 Å². The molecule has 0 unspecified atom stereocenters. The summed E-state index contributed by atoms with van der Waals surface area (Å²) in [5, 5.41) is 2.98. The third-order valence-corrected chi connectivity index (χ3v) is 2.53. The normalized spacial score (nSPS) is 9.53. The number of anilines is 1. The Hall–Kier alpha value is -2.71. The van der Waals surface area contributed by atoms with E-state index in [1.54, 1.807) is 31.4 Å². The summed E-state index contributed by atoms with van der Waals surface area (Å²) in [5.74, 6) is 1.41. The van der Waals surface area contributed by atoms with Crippen molar-refractivity contribution in [2.24, 2.45) is 0 Å². The summed E-state index contributed by atoms with van der Waals surface area (Å²) in [6, 6.07) is 10.8. The fourth-order valence-corrected chi connectivity index (χ4v) is 1.59. The van der Waals surface area contributed by atoms with E-state index in [1.807, 2.05) is 18.2 Å². The molecule has 1 aromatic carbocycles. The minimum Gasteiger partial charge on any atom is -0.457 e. The van der Waals surface area contributed by atoms with Crippen LogP contribution in [0.25, 0.3) is 5.70 Å². The first kappa shape index (κ1) is 12.7. The average Bonchev–Trinajstić information content (AvgIpc) is 2.43. The Morgan fingerprint density at radius 2 is 2.00 bits per heavy atom. The van der Waals surface area contributed by atoms with Gasteiger partial charge in [-0.05, 0) is 30.3 Å². The molecule has 19 heavy (non-hydrogen) atoms. The maximum Gasteiger partial charge on any atom is 0.131 e. The molecule has 0 fully saturated rings. The van der Waals surface area contributed by atoms with Crippen molar-refractivity contribution in [2.45, 2.75) is 0 Å². The van der Waals surface area contributed by atoms with Crippen LogP contribution in [-0.4, -0.2) is 12.0 Å². The molecule has 0 aliphatic heterocycles. The molecule has 1 aromatic heterocycles. The zero-order valence-corrected chi connectivity index (χ0v) is 10.7. The molecule has 0 bridgehead atoms. The van der Waals surface area contributed by atoms with Crippen LogP contribution in [0.2, 0.25) is 0 Å². The number of nitrogens with zero attached hydrogens (tertiary/aromatic N) is 1. The Balaban J connectivity index is 2.24. The second kappa shape index (κ2) is 5.76. The van der Waals surface area contributed by atoms with Crippen molar-refractivity contribution in [3.05, 3.63) is 60.6 Å². The Labute approximate surface area is 112 Å². The molecule has 96 valence electrons. The maximum atomic E-state index is 5.73. The molecule has 3 N–H and O–H groups in total. The van der Waals surface area contributed by atoms with Crippen LogP contribution in [0.5, 0.6) is 11.5 Å². The van der Waals surface area contributed by atoms with Gasteiger partial charge in [0.2, 0.25) is 0 Å². The highest BCUT2D eigenvalue weighted by Gasteiger charge is 2.03.